The maximum Gasteiger partial charge on any atom is 0.0921 e. The quantitative estimate of drug-likeness (QED) is 0.531. The fourth-order valence-electron chi connectivity index (χ4n) is 0.877. The van der Waals surface area contributed by atoms with Crippen LogP contribution in [0.3, 0.4) is 0 Å². The highest BCUT2D eigenvalue weighted by atomic mass is 35.5. The number of imidazole rings is 1. The van der Waals surface area contributed by atoms with Crippen molar-refractivity contribution < 1.29 is 16.9 Å². The van der Waals surface area contributed by atoms with E-state index in [1.807, 2.05) is 6.20 Å². The Bertz CT molecular complexity index is 201. The number of aromatic nitrogens is 2. The number of H-pyrrole nitrogens is 1. The molecule has 0 saturated carbocycles. The highest BCUT2D eigenvalue weighted by molar-refractivity contribution is 4.93. The van der Waals surface area contributed by atoms with Gasteiger partial charge >= 0.3 is 0 Å². The van der Waals surface area contributed by atoms with Gasteiger partial charge in [0.05, 0.1) is 34.0 Å². The lowest BCUT2D eigenvalue weighted by atomic mass is 10.3. The highest BCUT2D eigenvalue weighted by Gasteiger charge is 2.06. The smallest absolute Gasteiger partial charge is 0.0921 e. The summed E-state index contributed by atoms with van der Waals surface area (Å²) in [4.78, 5) is 7.05. The van der Waals surface area contributed by atoms with Crippen molar-refractivity contribution in [1.29, 1.82) is 0 Å². The van der Waals surface area contributed by atoms with Gasteiger partial charge in [0.15, 0.2) is 0 Å². The average molecular weight is 190 g/mol. The van der Waals surface area contributed by atoms with E-state index in [0.717, 1.165) is 17.4 Å². The number of quaternary nitrogens is 1. The number of nitrogens with one attached hydrogen (secondary N) is 1. The van der Waals surface area contributed by atoms with Crippen LogP contribution >= 0.6 is 0 Å². The van der Waals surface area contributed by atoms with Crippen LogP contribution < -0.4 is 12.4 Å². The number of hydrogen-bond acceptors (Lipinski definition) is 1. The Morgan fingerprint density at radius 1 is 1.42 bits per heavy atom. The Morgan fingerprint density at radius 2 is 2.08 bits per heavy atom. The molecule has 0 aliphatic carbocycles. The molecule has 70 valence electrons. The van der Waals surface area contributed by atoms with Gasteiger partial charge in [-0.1, -0.05) is 0 Å². The van der Waals surface area contributed by atoms with Gasteiger partial charge in [0.2, 0.25) is 0 Å². The first-order valence-corrected chi connectivity index (χ1v) is 3.86. The van der Waals surface area contributed by atoms with Gasteiger partial charge < -0.3 is 21.9 Å². The van der Waals surface area contributed by atoms with E-state index in [0.29, 0.717) is 0 Å². The third-order valence-corrected chi connectivity index (χ3v) is 1.61. The molecule has 0 bridgehead atoms. The van der Waals surface area contributed by atoms with Gasteiger partial charge in [0.25, 0.3) is 0 Å². The topological polar surface area (TPSA) is 28.7 Å². The van der Waals surface area contributed by atoms with Crippen LogP contribution in [0, 0.1) is 0 Å². The molecule has 0 saturated heterocycles. The zero-order valence-corrected chi connectivity index (χ0v) is 8.60. The molecule has 1 heterocycles. The van der Waals surface area contributed by atoms with Gasteiger partial charge in [-0.3, -0.25) is 0 Å². The van der Waals surface area contributed by atoms with E-state index in [1.54, 1.807) is 6.33 Å². The summed E-state index contributed by atoms with van der Waals surface area (Å²) in [5, 5.41) is 0. The monoisotopic (exact) mass is 189 g/mol. The summed E-state index contributed by atoms with van der Waals surface area (Å²) in [6.45, 7) is 1.14. The summed E-state index contributed by atoms with van der Waals surface area (Å²) in [5.41, 5.74) is 1.22. The van der Waals surface area contributed by atoms with Crippen LogP contribution in [0.2, 0.25) is 0 Å². The largest absolute Gasteiger partial charge is 1.00 e. The predicted molar refractivity (Wildman–Crippen MR) is 45.2 cm³/mol. The van der Waals surface area contributed by atoms with E-state index < -0.39 is 0 Å². The lowest BCUT2D eigenvalue weighted by molar-refractivity contribution is -0.870. The van der Waals surface area contributed by atoms with E-state index in [-0.39, 0.29) is 12.4 Å². The second kappa shape index (κ2) is 4.48. The maximum absolute atomic E-state index is 3.96. The van der Waals surface area contributed by atoms with Crippen LogP contribution in [0.15, 0.2) is 12.5 Å². The van der Waals surface area contributed by atoms with Crippen molar-refractivity contribution in [2.45, 2.75) is 6.42 Å². The average Bonchev–Trinajstić information content (AvgIpc) is 2.32. The Labute approximate surface area is 79.8 Å². The Balaban J connectivity index is 0.00000121. The second-order valence-electron chi connectivity index (χ2n) is 3.84. The summed E-state index contributed by atoms with van der Waals surface area (Å²) in [6, 6.07) is 0. The number of nitrogens with zero attached hydrogens (tertiary/aromatic N) is 2. The van der Waals surface area contributed by atoms with Crippen LogP contribution in [0.4, 0.5) is 0 Å². The molecular weight excluding hydrogens is 174 g/mol. The molecule has 3 nitrogen and oxygen atoms in total. The third kappa shape index (κ3) is 4.36. The van der Waals surface area contributed by atoms with Crippen LogP contribution in [0.25, 0.3) is 0 Å². The van der Waals surface area contributed by atoms with Crippen LogP contribution in [-0.2, 0) is 6.42 Å². The van der Waals surface area contributed by atoms with E-state index in [4.69, 9.17) is 0 Å². The molecule has 0 spiro atoms. The third-order valence-electron chi connectivity index (χ3n) is 1.61. The number of halogens is 1. The number of rotatable bonds is 3. The van der Waals surface area contributed by atoms with Gasteiger partial charge in [-0.2, -0.15) is 0 Å². The molecule has 0 atom stereocenters. The van der Waals surface area contributed by atoms with Crippen molar-refractivity contribution in [3.63, 3.8) is 0 Å². The summed E-state index contributed by atoms with van der Waals surface area (Å²) < 4.78 is 0.999. The number of likely N-dealkylation sites (N-methyl/N-ethyl adjacent to an activating group) is 1. The molecule has 0 aliphatic rings. The van der Waals surface area contributed by atoms with Crippen LogP contribution in [0.5, 0.6) is 0 Å². The molecule has 1 rings (SSSR count). The van der Waals surface area contributed by atoms with Gasteiger partial charge in [0.1, 0.15) is 0 Å². The SMILES string of the molecule is C[N+](C)(C)CCc1cnc[nH]1.[Cl-]. The van der Waals surface area contributed by atoms with Crippen molar-refractivity contribution in [3.8, 4) is 0 Å². The van der Waals surface area contributed by atoms with Gasteiger partial charge in [-0.25, -0.2) is 4.98 Å². The van der Waals surface area contributed by atoms with Crippen LogP contribution in [0.1, 0.15) is 5.69 Å². The van der Waals surface area contributed by atoms with Crippen LogP contribution in [-0.4, -0.2) is 42.1 Å². The lowest BCUT2D eigenvalue weighted by Gasteiger charge is -2.23. The summed E-state index contributed by atoms with van der Waals surface area (Å²) in [6.07, 6.45) is 4.68. The summed E-state index contributed by atoms with van der Waals surface area (Å²) in [7, 11) is 6.57. The van der Waals surface area contributed by atoms with Crippen molar-refractivity contribution in [2.24, 2.45) is 0 Å². The molecule has 0 aromatic carbocycles. The minimum absolute atomic E-state index is 0. The first-order valence-electron chi connectivity index (χ1n) is 3.86. The number of aromatic amines is 1. The highest BCUT2D eigenvalue weighted by Crippen LogP contribution is 1.97. The van der Waals surface area contributed by atoms with Crippen molar-refractivity contribution in [2.75, 3.05) is 27.7 Å². The zero-order valence-electron chi connectivity index (χ0n) is 7.84. The fraction of sp³-hybridized carbons (Fsp3) is 0.625. The van der Waals surface area contributed by atoms with Gasteiger partial charge in [0, 0.05) is 18.3 Å². The first kappa shape index (κ1) is 11.5. The molecule has 4 heteroatoms. The van der Waals surface area contributed by atoms with Crippen molar-refractivity contribution in [3.05, 3.63) is 18.2 Å². The lowest BCUT2D eigenvalue weighted by Crippen LogP contribution is -3.00. The summed E-state index contributed by atoms with van der Waals surface area (Å²) in [5.74, 6) is 0. The molecule has 1 aromatic heterocycles. The van der Waals surface area contributed by atoms with E-state index in [1.165, 1.54) is 5.69 Å². The minimum atomic E-state index is 0. The molecule has 0 unspecified atom stereocenters. The van der Waals surface area contributed by atoms with E-state index in [9.17, 15) is 0 Å². The number of hydrogen-bond donors (Lipinski definition) is 1. The van der Waals surface area contributed by atoms with E-state index >= 15 is 0 Å². The van der Waals surface area contributed by atoms with E-state index in [2.05, 4.69) is 31.1 Å². The van der Waals surface area contributed by atoms with Crippen molar-refractivity contribution in [1.82, 2.24) is 9.97 Å². The minimum Gasteiger partial charge on any atom is -1.00 e. The molecule has 0 radical (unpaired) electrons. The normalized spacial score (nSPS) is 10.9. The molecule has 0 aliphatic heterocycles. The second-order valence-corrected chi connectivity index (χ2v) is 3.84. The van der Waals surface area contributed by atoms with Gasteiger partial charge in [-0.15, -0.1) is 0 Å². The molecule has 1 N–H and O–H groups in total. The standard InChI is InChI=1S/C8H16N3.ClH/c1-11(2,3)5-4-8-6-9-7-10-8;/h6-7H,4-5H2,1-3H3,(H,9,10);1H/q+1;/p-1. The molecule has 1 aromatic rings. The van der Waals surface area contributed by atoms with Crippen molar-refractivity contribution >= 4 is 0 Å². The molecular formula is C8H16ClN3. The van der Waals surface area contributed by atoms with Gasteiger partial charge in [-0.05, 0) is 0 Å². The predicted octanol–water partition coefficient (Wildman–Crippen LogP) is -2.34. The fourth-order valence-corrected chi connectivity index (χ4v) is 0.877. The molecule has 12 heavy (non-hydrogen) atoms. The molecule has 0 amide bonds. The summed E-state index contributed by atoms with van der Waals surface area (Å²) >= 11 is 0. The zero-order chi connectivity index (χ0) is 8.32. The molecule has 0 fully saturated rings. The Morgan fingerprint density at radius 3 is 2.50 bits per heavy atom. The Kier molecular flexibility index (Phi) is 4.28. The maximum atomic E-state index is 3.96. The first-order chi connectivity index (χ1) is 5.08. The Hall–Kier alpha value is -0.540.